The summed E-state index contributed by atoms with van der Waals surface area (Å²) in [6.45, 7) is 1.85. The van der Waals surface area contributed by atoms with Gasteiger partial charge in [-0.25, -0.2) is 9.59 Å². The Bertz CT molecular complexity index is 566. The molecule has 2 heterocycles. The smallest absolute Gasteiger partial charge is 0.331 e. The van der Waals surface area contributed by atoms with Crippen molar-refractivity contribution in [3.63, 3.8) is 0 Å². The van der Waals surface area contributed by atoms with Crippen LogP contribution in [0.5, 0.6) is 0 Å². The van der Waals surface area contributed by atoms with Crippen molar-refractivity contribution in [2.24, 2.45) is 0 Å². The summed E-state index contributed by atoms with van der Waals surface area (Å²) in [7, 11) is 0. The number of hydrogen-bond acceptors (Lipinski definition) is 4. The SMILES string of the molecule is CC(NC(=O)NC(C(=O)O)c1cccs1)c1cccs1. The highest BCUT2D eigenvalue weighted by Crippen LogP contribution is 2.20. The van der Waals surface area contributed by atoms with Gasteiger partial charge in [0.1, 0.15) is 0 Å². The largest absolute Gasteiger partial charge is 0.479 e. The van der Waals surface area contributed by atoms with Crippen LogP contribution in [-0.2, 0) is 4.79 Å². The third-order valence-corrected chi connectivity index (χ3v) is 4.66. The van der Waals surface area contributed by atoms with E-state index >= 15 is 0 Å². The molecule has 2 rings (SSSR count). The number of carboxylic acid groups (broad SMARTS) is 1. The van der Waals surface area contributed by atoms with Crippen LogP contribution in [0.25, 0.3) is 0 Å². The Balaban J connectivity index is 1.97. The van der Waals surface area contributed by atoms with Crippen LogP contribution >= 0.6 is 22.7 Å². The van der Waals surface area contributed by atoms with Gasteiger partial charge >= 0.3 is 12.0 Å². The topological polar surface area (TPSA) is 78.4 Å². The maximum absolute atomic E-state index is 11.9. The summed E-state index contributed by atoms with van der Waals surface area (Å²) < 4.78 is 0. The second-order valence-electron chi connectivity index (χ2n) is 4.14. The number of carbonyl (C=O) groups excluding carboxylic acids is 1. The average molecular weight is 310 g/mol. The number of urea groups is 1. The zero-order chi connectivity index (χ0) is 14.5. The van der Waals surface area contributed by atoms with Gasteiger partial charge in [-0.15, -0.1) is 22.7 Å². The molecule has 2 aromatic rings. The summed E-state index contributed by atoms with van der Waals surface area (Å²) >= 11 is 2.84. The van der Waals surface area contributed by atoms with Gasteiger partial charge in [0.25, 0.3) is 0 Å². The minimum atomic E-state index is -1.08. The number of amides is 2. The first-order valence-corrected chi connectivity index (χ1v) is 7.70. The monoisotopic (exact) mass is 310 g/mol. The summed E-state index contributed by atoms with van der Waals surface area (Å²) in [5.74, 6) is -1.08. The molecule has 7 heteroatoms. The average Bonchev–Trinajstić information content (AvgIpc) is 3.08. The van der Waals surface area contributed by atoms with Crippen molar-refractivity contribution in [3.8, 4) is 0 Å². The lowest BCUT2D eigenvalue weighted by atomic mass is 10.2. The standard InChI is InChI=1S/C13H14N2O3S2/c1-8(9-4-2-6-19-9)14-13(18)15-11(12(16)17)10-5-3-7-20-10/h2-8,11H,1H3,(H,16,17)(H2,14,15,18). The van der Waals surface area contributed by atoms with E-state index in [1.54, 1.807) is 17.5 Å². The molecule has 0 aromatic carbocycles. The number of aliphatic carboxylic acids is 1. The van der Waals surface area contributed by atoms with Gasteiger partial charge in [0, 0.05) is 9.75 Å². The highest BCUT2D eigenvalue weighted by molar-refractivity contribution is 7.10. The Kier molecular flexibility index (Phi) is 4.75. The molecule has 0 fully saturated rings. The quantitative estimate of drug-likeness (QED) is 0.794. The molecule has 0 aliphatic heterocycles. The lowest BCUT2D eigenvalue weighted by molar-refractivity contribution is -0.139. The molecule has 0 aliphatic carbocycles. The first-order chi connectivity index (χ1) is 9.58. The van der Waals surface area contributed by atoms with Crippen LogP contribution in [0.1, 0.15) is 28.8 Å². The Hall–Kier alpha value is -1.86. The van der Waals surface area contributed by atoms with E-state index in [1.807, 2.05) is 24.4 Å². The molecule has 0 saturated carbocycles. The first-order valence-electron chi connectivity index (χ1n) is 5.94. The lowest BCUT2D eigenvalue weighted by Crippen LogP contribution is -2.41. The number of carbonyl (C=O) groups is 2. The van der Waals surface area contributed by atoms with Crippen LogP contribution in [0.4, 0.5) is 4.79 Å². The molecule has 2 aromatic heterocycles. The maximum atomic E-state index is 11.9. The molecule has 3 N–H and O–H groups in total. The predicted molar refractivity (Wildman–Crippen MR) is 79.1 cm³/mol. The van der Waals surface area contributed by atoms with Crippen molar-refractivity contribution in [2.75, 3.05) is 0 Å². The van der Waals surface area contributed by atoms with Crippen molar-refractivity contribution in [3.05, 3.63) is 44.8 Å². The van der Waals surface area contributed by atoms with Gasteiger partial charge in [-0.2, -0.15) is 0 Å². The summed E-state index contributed by atoms with van der Waals surface area (Å²) in [4.78, 5) is 24.7. The normalized spacial score (nSPS) is 13.4. The van der Waals surface area contributed by atoms with E-state index in [0.29, 0.717) is 4.88 Å². The fourth-order valence-electron chi connectivity index (χ4n) is 1.69. The van der Waals surface area contributed by atoms with Crippen LogP contribution < -0.4 is 10.6 Å². The molecule has 106 valence electrons. The van der Waals surface area contributed by atoms with Gasteiger partial charge < -0.3 is 15.7 Å². The molecule has 2 amide bonds. The minimum absolute atomic E-state index is 0.159. The number of hydrogen-bond donors (Lipinski definition) is 3. The molecule has 2 unspecified atom stereocenters. The Labute approximate surface area is 124 Å². The number of thiophene rings is 2. The molecule has 2 atom stereocenters. The van der Waals surface area contributed by atoms with Crippen molar-refractivity contribution >= 4 is 34.7 Å². The van der Waals surface area contributed by atoms with E-state index in [9.17, 15) is 14.7 Å². The molecule has 0 saturated heterocycles. The van der Waals surface area contributed by atoms with E-state index in [2.05, 4.69) is 10.6 Å². The van der Waals surface area contributed by atoms with E-state index in [0.717, 1.165) is 4.88 Å². The Morgan fingerprint density at radius 1 is 1.10 bits per heavy atom. The predicted octanol–water partition coefficient (Wildman–Crippen LogP) is 3.00. The van der Waals surface area contributed by atoms with Crippen LogP contribution in [0.2, 0.25) is 0 Å². The lowest BCUT2D eigenvalue weighted by Gasteiger charge is -2.17. The summed E-state index contributed by atoms with van der Waals surface area (Å²) in [6.07, 6.45) is 0. The molecule has 5 nitrogen and oxygen atoms in total. The Morgan fingerprint density at radius 2 is 1.70 bits per heavy atom. The van der Waals surface area contributed by atoms with Gasteiger partial charge in [-0.3, -0.25) is 0 Å². The van der Waals surface area contributed by atoms with Crippen molar-refractivity contribution in [1.29, 1.82) is 0 Å². The molecule has 0 spiro atoms. The zero-order valence-corrected chi connectivity index (χ0v) is 12.3. The van der Waals surface area contributed by atoms with Gasteiger partial charge in [0.2, 0.25) is 0 Å². The third-order valence-electron chi connectivity index (χ3n) is 2.67. The van der Waals surface area contributed by atoms with E-state index in [-0.39, 0.29) is 6.04 Å². The van der Waals surface area contributed by atoms with Gasteiger partial charge in [-0.1, -0.05) is 12.1 Å². The number of carboxylic acids is 1. The van der Waals surface area contributed by atoms with Crippen molar-refractivity contribution < 1.29 is 14.7 Å². The fraction of sp³-hybridized carbons (Fsp3) is 0.231. The Morgan fingerprint density at radius 3 is 2.20 bits per heavy atom. The van der Waals surface area contributed by atoms with Gasteiger partial charge in [-0.05, 0) is 29.8 Å². The summed E-state index contributed by atoms with van der Waals surface area (Å²) in [5.41, 5.74) is 0. The van der Waals surface area contributed by atoms with Crippen LogP contribution in [0.3, 0.4) is 0 Å². The minimum Gasteiger partial charge on any atom is -0.479 e. The fourth-order valence-corrected chi connectivity index (χ4v) is 3.19. The maximum Gasteiger partial charge on any atom is 0.331 e. The van der Waals surface area contributed by atoms with Crippen LogP contribution in [0.15, 0.2) is 35.0 Å². The molecule has 0 bridgehead atoms. The number of rotatable bonds is 5. The molecule has 20 heavy (non-hydrogen) atoms. The molecular weight excluding hydrogens is 296 g/mol. The van der Waals surface area contributed by atoms with Crippen LogP contribution in [0, 0.1) is 0 Å². The van der Waals surface area contributed by atoms with E-state index in [1.165, 1.54) is 22.7 Å². The summed E-state index contributed by atoms with van der Waals surface area (Å²) in [5, 5.41) is 18.1. The van der Waals surface area contributed by atoms with Crippen molar-refractivity contribution in [2.45, 2.75) is 19.0 Å². The van der Waals surface area contributed by atoms with Gasteiger partial charge in [0.05, 0.1) is 6.04 Å². The highest BCUT2D eigenvalue weighted by Gasteiger charge is 2.23. The summed E-state index contributed by atoms with van der Waals surface area (Å²) in [6, 6.07) is 5.59. The van der Waals surface area contributed by atoms with Gasteiger partial charge in [0.15, 0.2) is 6.04 Å². The zero-order valence-electron chi connectivity index (χ0n) is 10.7. The second-order valence-corrected chi connectivity index (χ2v) is 6.10. The highest BCUT2D eigenvalue weighted by atomic mass is 32.1. The molecule has 0 aliphatic rings. The molecular formula is C13H14N2O3S2. The van der Waals surface area contributed by atoms with E-state index < -0.39 is 18.0 Å². The van der Waals surface area contributed by atoms with E-state index in [4.69, 9.17) is 0 Å². The number of nitrogens with one attached hydrogen (secondary N) is 2. The molecule has 0 radical (unpaired) electrons. The first kappa shape index (κ1) is 14.5. The second kappa shape index (κ2) is 6.53. The van der Waals surface area contributed by atoms with Crippen LogP contribution in [-0.4, -0.2) is 17.1 Å². The van der Waals surface area contributed by atoms with Crippen molar-refractivity contribution in [1.82, 2.24) is 10.6 Å². The third kappa shape index (κ3) is 3.58.